The van der Waals surface area contributed by atoms with Crippen molar-refractivity contribution < 1.29 is 9.18 Å². The minimum Gasteiger partial charge on any atom is -0.351 e. The molecule has 0 bridgehead atoms. The SMILES string of the molecule is CCn1nc(-c2ccc(-n3cnc(C4CC4)c3)c(F)c2)nc1Nc1ccc2c(c1)C1(CC1)CNC2=O. The number of amides is 1. The number of benzene rings is 2. The van der Waals surface area contributed by atoms with Crippen LogP contribution in [0.4, 0.5) is 16.0 Å². The summed E-state index contributed by atoms with van der Waals surface area (Å²) >= 11 is 0. The van der Waals surface area contributed by atoms with E-state index in [9.17, 15) is 4.79 Å². The maximum atomic E-state index is 15.1. The van der Waals surface area contributed by atoms with Crippen LogP contribution in [0.3, 0.4) is 0 Å². The molecule has 4 aromatic rings. The Morgan fingerprint density at radius 1 is 1.19 bits per heavy atom. The van der Waals surface area contributed by atoms with Crippen LogP contribution in [0.5, 0.6) is 0 Å². The normalized spacial score (nSPS) is 17.7. The summed E-state index contributed by atoms with van der Waals surface area (Å²) in [6.45, 7) is 3.28. The molecule has 0 radical (unpaired) electrons. The summed E-state index contributed by atoms with van der Waals surface area (Å²) in [6, 6.07) is 10.9. The molecular weight excluding hydrogens is 457 g/mol. The molecule has 36 heavy (non-hydrogen) atoms. The molecule has 182 valence electrons. The number of fused-ring (bicyclic) bond motifs is 2. The number of rotatable bonds is 6. The predicted octanol–water partition coefficient (Wildman–Crippen LogP) is 4.69. The smallest absolute Gasteiger partial charge is 0.251 e. The summed E-state index contributed by atoms with van der Waals surface area (Å²) in [5.74, 6) is 1.18. The highest BCUT2D eigenvalue weighted by Gasteiger charge is 2.48. The molecule has 0 atom stereocenters. The number of anilines is 2. The number of halogens is 1. The van der Waals surface area contributed by atoms with Gasteiger partial charge in [-0.3, -0.25) is 4.79 Å². The molecule has 3 aliphatic rings. The molecule has 9 heteroatoms. The van der Waals surface area contributed by atoms with Crippen LogP contribution >= 0.6 is 0 Å². The maximum Gasteiger partial charge on any atom is 0.251 e. The van der Waals surface area contributed by atoms with Gasteiger partial charge in [-0.15, -0.1) is 5.10 Å². The number of hydrogen-bond acceptors (Lipinski definition) is 5. The first kappa shape index (κ1) is 21.3. The molecule has 1 aliphatic heterocycles. The molecule has 2 N–H and O–H groups in total. The van der Waals surface area contributed by atoms with Crippen LogP contribution in [0.2, 0.25) is 0 Å². The van der Waals surface area contributed by atoms with Crippen LogP contribution in [0.25, 0.3) is 17.1 Å². The minimum atomic E-state index is -0.350. The average Bonchev–Trinajstić information content (AvgIpc) is 3.80. The third kappa shape index (κ3) is 3.49. The largest absolute Gasteiger partial charge is 0.351 e. The number of nitrogens with one attached hydrogen (secondary N) is 2. The summed E-state index contributed by atoms with van der Waals surface area (Å²) < 4.78 is 18.6. The average molecular weight is 484 g/mol. The quantitative estimate of drug-likeness (QED) is 0.416. The van der Waals surface area contributed by atoms with Crippen molar-refractivity contribution in [2.24, 2.45) is 0 Å². The van der Waals surface area contributed by atoms with Crippen molar-refractivity contribution in [2.45, 2.75) is 50.5 Å². The second kappa shape index (κ2) is 7.74. The van der Waals surface area contributed by atoms with E-state index in [1.54, 1.807) is 21.6 Å². The van der Waals surface area contributed by atoms with E-state index in [0.29, 0.717) is 42.0 Å². The van der Waals surface area contributed by atoms with E-state index in [1.807, 2.05) is 31.3 Å². The molecule has 0 saturated heterocycles. The van der Waals surface area contributed by atoms with Gasteiger partial charge in [-0.25, -0.2) is 14.1 Å². The van der Waals surface area contributed by atoms with Crippen molar-refractivity contribution in [3.63, 3.8) is 0 Å². The number of aryl methyl sites for hydroxylation is 1. The lowest BCUT2D eigenvalue weighted by Crippen LogP contribution is -2.39. The predicted molar refractivity (Wildman–Crippen MR) is 133 cm³/mol. The molecule has 2 fully saturated rings. The Bertz CT molecular complexity index is 1510. The standard InChI is InChI=1S/C27H26FN7O/c1-2-35-26(31-18-6-7-19-20(12-18)27(9-10-27)14-29-25(19)36)32-24(33-35)17-5-8-23(21(28)11-17)34-13-22(30-15-34)16-3-4-16/h5-8,11-13,15-16H,2-4,9-10,14H2,1H3,(H,29,36)(H,31,32,33). The molecule has 1 amide bonds. The molecule has 8 nitrogen and oxygen atoms in total. The summed E-state index contributed by atoms with van der Waals surface area (Å²) in [5.41, 5.74) is 4.86. The Kier molecular flexibility index (Phi) is 4.58. The van der Waals surface area contributed by atoms with E-state index >= 15 is 4.39 Å². The molecule has 7 rings (SSSR count). The summed E-state index contributed by atoms with van der Waals surface area (Å²) in [7, 11) is 0. The Balaban J connectivity index is 1.17. The minimum absolute atomic E-state index is 0.0157. The van der Waals surface area contributed by atoms with Crippen molar-refractivity contribution >= 4 is 17.5 Å². The number of carbonyl (C=O) groups excluding carboxylic acids is 1. The topological polar surface area (TPSA) is 89.7 Å². The first-order valence-corrected chi connectivity index (χ1v) is 12.5. The summed E-state index contributed by atoms with van der Waals surface area (Å²) in [5, 5.41) is 11.0. The number of carbonyl (C=O) groups is 1. The molecule has 2 aromatic heterocycles. The van der Waals surface area contributed by atoms with E-state index in [2.05, 4.69) is 31.8 Å². The van der Waals surface area contributed by atoms with Crippen molar-refractivity contribution in [1.82, 2.24) is 29.6 Å². The van der Waals surface area contributed by atoms with E-state index in [-0.39, 0.29) is 17.1 Å². The van der Waals surface area contributed by atoms with Crippen LogP contribution in [0, 0.1) is 5.82 Å². The number of imidazole rings is 1. The van der Waals surface area contributed by atoms with E-state index < -0.39 is 0 Å². The third-order valence-corrected chi connectivity index (χ3v) is 7.59. The lowest BCUT2D eigenvalue weighted by Gasteiger charge is -2.26. The van der Waals surface area contributed by atoms with Gasteiger partial charge in [0.05, 0.1) is 17.7 Å². The fourth-order valence-corrected chi connectivity index (χ4v) is 5.12. The van der Waals surface area contributed by atoms with Gasteiger partial charge in [0.15, 0.2) is 5.82 Å². The fraction of sp³-hybridized carbons (Fsp3) is 0.333. The molecule has 1 spiro atoms. The van der Waals surface area contributed by atoms with Crippen molar-refractivity contribution in [3.8, 4) is 17.1 Å². The zero-order valence-corrected chi connectivity index (χ0v) is 20.0. The Morgan fingerprint density at radius 2 is 2.06 bits per heavy atom. The van der Waals surface area contributed by atoms with Gasteiger partial charge in [-0.2, -0.15) is 4.98 Å². The van der Waals surface area contributed by atoms with Gasteiger partial charge in [0, 0.05) is 47.4 Å². The molecule has 0 unspecified atom stereocenters. The van der Waals surface area contributed by atoms with Crippen LogP contribution in [0.1, 0.15) is 60.1 Å². The second-order valence-electron chi connectivity index (χ2n) is 10.1. The van der Waals surface area contributed by atoms with Gasteiger partial charge < -0.3 is 15.2 Å². The number of hydrogen-bond donors (Lipinski definition) is 2. The Morgan fingerprint density at radius 3 is 2.81 bits per heavy atom. The van der Waals surface area contributed by atoms with Crippen molar-refractivity contribution in [2.75, 3.05) is 11.9 Å². The van der Waals surface area contributed by atoms with Crippen LogP contribution in [-0.2, 0) is 12.0 Å². The van der Waals surface area contributed by atoms with Gasteiger partial charge in [-0.1, -0.05) is 0 Å². The highest BCUT2D eigenvalue weighted by molar-refractivity contribution is 5.98. The third-order valence-electron chi connectivity index (χ3n) is 7.59. The van der Waals surface area contributed by atoms with Gasteiger partial charge in [0.1, 0.15) is 5.82 Å². The van der Waals surface area contributed by atoms with Gasteiger partial charge in [0.25, 0.3) is 5.91 Å². The lowest BCUT2D eigenvalue weighted by molar-refractivity contribution is 0.0937. The van der Waals surface area contributed by atoms with Crippen LogP contribution in [0.15, 0.2) is 48.9 Å². The van der Waals surface area contributed by atoms with Gasteiger partial charge in [0.2, 0.25) is 5.95 Å². The molecular formula is C27H26FN7O. The Hall–Kier alpha value is -4.01. The van der Waals surface area contributed by atoms with Crippen LogP contribution in [-0.4, -0.2) is 36.8 Å². The zero-order chi connectivity index (χ0) is 24.4. The zero-order valence-electron chi connectivity index (χ0n) is 20.0. The van der Waals surface area contributed by atoms with Gasteiger partial charge >= 0.3 is 0 Å². The van der Waals surface area contributed by atoms with Crippen molar-refractivity contribution in [1.29, 1.82) is 0 Å². The molecule has 3 heterocycles. The van der Waals surface area contributed by atoms with E-state index in [0.717, 1.165) is 48.2 Å². The highest BCUT2D eigenvalue weighted by atomic mass is 19.1. The van der Waals surface area contributed by atoms with E-state index in [4.69, 9.17) is 0 Å². The van der Waals surface area contributed by atoms with Crippen LogP contribution < -0.4 is 10.6 Å². The van der Waals surface area contributed by atoms with Gasteiger partial charge in [-0.05, 0) is 74.6 Å². The summed E-state index contributed by atoms with van der Waals surface area (Å²) in [4.78, 5) is 21.4. The number of aromatic nitrogens is 5. The lowest BCUT2D eigenvalue weighted by atomic mass is 9.87. The second-order valence-corrected chi connectivity index (χ2v) is 10.1. The first-order valence-electron chi connectivity index (χ1n) is 12.5. The number of nitrogens with zero attached hydrogens (tertiary/aromatic N) is 5. The molecule has 2 aliphatic carbocycles. The molecule has 2 aromatic carbocycles. The fourth-order valence-electron chi connectivity index (χ4n) is 5.12. The maximum absolute atomic E-state index is 15.1. The van der Waals surface area contributed by atoms with Crippen molar-refractivity contribution in [3.05, 3.63) is 71.6 Å². The van der Waals surface area contributed by atoms with E-state index in [1.165, 1.54) is 6.07 Å². The molecule has 2 saturated carbocycles. The Labute approximate surface area is 207 Å². The first-order chi connectivity index (χ1) is 17.5. The highest BCUT2D eigenvalue weighted by Crippen LogP contribution is 2.51. The summed E-state index contributed by atoms with van der Waals surface area (Å²) in [6.07, 6.45) is 8.06. The monoisotopic (exact) mass is 483 g/mol.